The predicted octanol–water partition coefficient (Wildman–Crippen LogP) is 5.34. The second kappa shape index (κ2) is 5.47. The number of rotatable bonds is 4. The van der Waals surface area contributed by atoms with Crippen LogP contribution in [0.15, 0.2) is 29.2 Å². The largest absolute Gasteiger partial charge is 0.416 e. The van der Waals surface area contributed by atoms with Crippen molar-refractivity contribution in [2.24, 2.45) is 0 Å². The quantitative estimate of drug-likeness (QED) is 0.651. The molecule has 0 aromatic heterocycles. The van der Waals surface area contributed by atoms with E-state index < -0.39 is 22.2 Å². The first-order valence-electron chi connectivity index (χ1n) is 5.90. The molecule has 1 unspecified atom stereocenters. The minimum Gasteiger partial charge on any atom is -0.166 e. The summed E-state index contributed by atoms with van der Waals surface area (Å²) in [7, 11) is -0.439. The van der Waals surface area contributed by atoms with Crippen molar-refractivity contribution in [1.82, 2.24) is 0 Å². The molecule has 0 aliphatic rings. The zero-order chi connectivity index (χ0) is 14.0. The zero-order valence-electron chi connectivity index (χ0n) is 11.0. The SMILES string of the molecule is C=S(c1cccc(C(F)(F)F)c1)C(C)(C)CCC. The standard InChI is InChI=1S/C14H19F3S/c1-5-9-13(2,3)18(4)12-8-6-7-11(10-12)14(15,16)17/h6-8,10H,4-5,9H2,1-3H3. The lowest BCUT2D eigenvalue weighted by Crippen LogP contribution is -2.16. The third-order valence-corrected chi connectivity index (χ3v) is 5.33. The van der Waals surface area contributed by atoms with Gasteiger partial charge in [0.1, 0.15) is 0 Å². The molecule has 0 N–H and O–H groups in total. The molecule has 4 heteroatoms. The van der Waals surface area contributed by atoms with E-state index >= 15 is 0 Å². The average Bonchev–Trinajstić information content (AvgIpc) is 2.27. The van der Waals surface area contributed by atoms with Crippen molar-refractivity contribution in [2.75, 3.05) is 0 Å². The molecule has 0 nitrogen and oxygen atoms in total. The lowest BCUT2D eigenvalue weighted by Gasteiger charge is -2.28. The molecule has 0 saturated carbocycles. The summed E-state index contributed by atoms with van der Waals surface area (Å²) in [6, 6.07) is 5.54. The Labute approximate surface area is 109 Å². The highest BCUT2D eigenvalue weighted by Gasteiger charge is 2.31. The van der Waals surface area contributed by atoms with Crippen molar-refractivity contribution in [3.05, 3.63) is 29.8 Å². The molecule has 1 atom stereocenters. The molecule has 0 heterocycles. The summed E-state index contributed by atoms with van der Waals surface area (Å²) in [4.78, 5) is 0.684. The van der Waals surface area contributed by atoms with Crippen molar-refractivity contribution in [3.63, 3.8) is 0 Å². The van der Waals surface area contributed by atoms with Crippen LogP contribution in [0.1, 0.15) is 39.2 Å². The fourth-order valence-corrected chi connectivity index (χ4v) is 3.47. The summed E-state index contributed by atoms with van der Waals surface area (Å²) in [6.07, 6.45) is -2.32. The molecule has 0 bridgehead atoms. The number of alkyl halides is 3. The number of hydrogen-bond acceptors (Lipinski definition) is 0. The molecule has 0 aliphatic heterocycles. The number of hydrogen-bond donors (Lipinski definition) is 0. The van der Waals surface area contributed by atoms with Gasteiger partial charge in [-0.05, 0) is 24.6 Å². The summed E-state index contributed by atoms with van der Waals surface area (Å²) in [6.45, 7) is 6.20. The maximum atomic E-state index is 12.7. The van der Waals surface area contributed by atoms with Crippen LogP contribution < -0.4 is 0 Å². The Morgan fingerprint density at radius 1 is 1.22 bits per heavy atom. The monoisotopic (exact) mass is 276 g/mol. The highest BCUT2D eigenvalue weighted by atomic mass is 32.2. The van der Waals surface area contributed by atoms with Crippen molar-refractivity contribution in [1.29, 1.82) is 0 Å². The van der Waals surface area contributed by atoms with E-state index in [0.717, 1.165) is 18.9 Å². The van der Waals surface area contributed by atoms with E-state index in [9.17, 15) is 13.2 Å². The second-order valence-corrected chi connectivity index (χ2v) is 7.28. The summed E-state index contributed by atoms with van der Waals surface area (Å²) in [5.41, 5.74) is -0.589. The van der Waals surface area contributed by atoms with Crippen molar-refractivity contribution < 1.29 is 13.2 Å². The molecule has 0 aliphatic carbocycles. The van der Waals surface area contributed by atoms with Crippen molar-refractivity contribution in [3.8, 4) is 0 Å². The summed E-state index contributed by atoms with van der Waals surface area (Å²) in [5.74, 6) is 4.08. The molecule has 1 rings (SSSR count). The van der Waals surface area contributed by atoms with Gasteiger partial charge in [-0.2, -0.15) is 23.7 Å². The van der Waals surface area contributed by atoms with Crippen molar-refractivity contribution in [2.45, 2.75) is 49.4 Å². The Morgan fingerprint density at radius 3 is 2.33 bits per heavy atom. The molecule has 1 aromatic carbocycles. The number of benzene rings is 1. The second-order valence-electron chi connectivity index (χ2n) is 4.93. The molecular formula is C14H19F3S. The van der Waals surface area contributed by atoms with Gasteiger partial charge in [0, 0.05) is 9.64 Å². The first-order chi connectivity index (χ1) is 8.18. The molecular weight excluding hydrogens is 257 g/mol. The van der Waals surface area contributed by atoms with Crippen LogP contribution in [-0.4, -0.2) is 10.6 Å². The fraction of sp³-hybridized carbons (Fsp3) is 0.500. The van der Waals surface area contributed by atoms with Crippen LogP contribution in [0.3, 0.4) is 0 Å². The summed E-state index contributed by atoms with van der Waals surface area (Å²) >= 11 is 0. The molecule has 0 amide bonds. The van der Waals surface area contributed by atoms with E-state index in [4.69, 9.17) is 0 Å². The molecule has 102 valence electrons. The fourth-order valence-electron chi connectivity index (χ4n) is 1.87. The number of halogens is 3. The van der Waals surface area contributed by atoms with E-state index in [1.807, 2.05) is 0 Å². The lowest BCUT2D eigenvalue weighted by molar-refractivity contribution is -0.137. The van der Waals surface area contributed by atoms with Crippen LogP contribution >= 0.6 is 10.5 Å². The minimum atomic E-state index is -4.28. The normalized spacial score (nSPS) is 14.6. The Hall–Kier alpha value is -0.770. The Balaban J connectivity index is 3.08. The Morgan fingerprint density at radius 2 is 1.83 bits per heavy atom. The van der Waals surface area contributed by atoms with Gasteiger partial charge in [0.15, 0.2) is 0 Å². The molecule has 0 fully saturated rings. The first kappa shape index (κ1) is 15.3. The van der Waals surface area contributed by atoms with Crippen LogP contribution in [0.25, 0.3) is 0 Å². The smallest absolute Gasteiger partial charge is 0.166 e. The van der Waals surface area contributed by atoms with E-state index in [1.54, 1.807) is 6.07 Å². The van der Waals surface area contributed by atoms with Gasteiger partial charge in [-0.25, -0.2) is 0 Å². The molecule has 0 saturated heterocycles. The van der Waals surface area contributed by atoms with Crippen LogP contribution in [0.2, 0.25) is 0 Å². The zero-order valence-corrected chi connectivity index (χ0v) is 11.8. The van der Waals surface area contributed by atoms with E-state index in [0.29, 0.717) is 4.90 Å². The summed E-state index contributed by atoms with van der Waals surface area (Å²) in [5, 5.41) is 0. The van der Waals surface area contributed by atoms with Crippen LogP contribution in [-0.2, 0) is 6.18 Å². The Kier molecular flexibility index (Phi) is 4.65. The van der Waals surface area contributed by atoms with Gasteiger partial charge in [0.2, 0.25) is 0 Å². The first-order valence-corrected chi connectivity index (χ1v) is 7.29. The highest BCUT2D eigenvalue weighted by Crippen LogP contribution is 2.42. The van der Waals surface area contributed by atoms with Gasteiger partial charge in [-0.1, -0.05) is 39.1 Å². The topological polar surface area (TPSA) is 0 Å². The molecule has 0 radical (unpaired) electrons. The van der Waals surface area contributed by atoms with Gasteiger partial charge < -0.3 is 0 Å². The summed E-state index contributed by atoms with van der Waals surface area (Å²) < 4.78 is 37.9. The highest BCUT2D eigenvalue weighted by molar-refractivity contribution is 8.15. The molecule has 1 aromatic rings. The van der Waals surface area contributed by atoms with Crippen molar-refractivity contribution >= 4 is 16.4 Å². The van der Waals surface area contributed by atoms with Gasteiger partial charge in [-0.3, -0.25) is 0 Å². The van der Waals surface area contributed by atoms with E-state index in [1.165, 1.54) is 12.1 Å². The predicted molar refractivity (Wildman–Crippen MR) is 73.4 cm³/mol. The third-order valence-electron chi connectivity index (χ3n) is 2.96. The third kappa shape index (κ3) is 3.61. The Bertz CT molecular complexity index is 433. The maximum absolute atomic E-state index is 12.7. The molecule has 18 heavy (non-hydrogen) atoms. The average molecular weight is 276 g/mol. The molecule has 0 spiro atoms. The van der Waals surface area contributed by atoms with Gasteiger partial charge in [-0.15, -0.1) is 0 Å². The van der Waals surface area contributed by atoms with Gasteiger partial charge in [0.05, 0.1) is 5.56 Å². The lowest BCUT2D eigenvalue weighted by atomic mass is 10.1. The van der Waals surface area contributed by atoms with Crippen LogP contribution in [0.4, 0.5) is 13.2 Å². The van der Waals surface area contributed by atoms with Gasteiger partial charge >= 0.3 is 6.18 Å². The van der Waals surface area contributed by atoms with E-state index in [2.05, 4.69) is 26.6 Å². The van der Waals surface area contributed by atoms with E-state index in [-0.39, 0.29) is 4.75 Å². The van der Waals surface area contributed by atoms with Gasteiger partial charge in [0.25, 0.3) is 0 Å². The minimum absolute atomic E-state index is 0.0705. The van der Waals surface area contributed by atoms with Crippen LogP contribution in [0.5, 0.6) is 0 Å². The van der Waals surface area contributed by atoms with Crippen LogP contribution in [0, 0.1) is 0 Å². The maximum Gasteiger partial charge on any atom is 0.416 e.